The fourth-order valence-electron chi connectivity index (χ4n) is 4.23. The lowest BCUT2D eigenvalue weighted by atomic mass is 9.85. The van der Waals surface area contributed by atoms with Gasteiger partial charge in [-0.1, -0.05) is 37.3 Å². The molecule has 2 heterocycles. The van der Waals surface area contributed by atoms with Crippen LogP contribution >= 0.6 is 0 Å². The van der Waals surface area contributed by atoms with Crippen molar-refractivity contribution in [2.75, 3.05) is 39.3 Å². The molecule has 0 saturated carbocycles. The van der Waals surface area contributed by atoms with Gasteiger partial charge in [0.25, 0.3) is 0 Å². The highest BCUT2D eigenvalue weighted by atomic mass is 16.2. The van der Waals surface area contributed by atoms with E-state index in [0.29, 0.717) is 5.91 Å². The van der Waals surface area contributed by atoms with Crippen LogP contribution in [-0.4, -0.2) is 60.5 Å². The molecule has 0 aliphatic carbocycles. The molecule has 2 fully saturated rings. The lowest BCUT2D eigenvalue weighted by molar-refractivity contribution is -0.141. The van der Waals surface area contributed by atoms with Crippen LogP contribution in [0.5, 0.6) is 0 Å². The van der Waals surface area contributed by atoms with Crippen LogP contribution in [0.25, 0.3) is 0 Å². The number of benzene rings is 1. The van der Waals surface area contributed by atoms with E-state index in [-0.39, 0.29) is 5.54 Å². The molecule has 0 bridgehead atoms. The minimum absolute atomic E-state index is 0.284. The van der Waals surface area contributed by atoms with Crippen LogP contribution in [0.1, 0.15) is 44.6 Å². The van der Waals surface area contributed by atoms with E-state index in [1.807, 2.05) is 0 Å². The summed E-state index contributed by atoms with van der Waals surface area (Å²) in [5.41, 5.74) is 1.14. The van der Waals surface area contributed by atoms with Crippen LogP contribution in [0.4, 0.5) is 0 Å². The molecule has 0 spiro atoms. The van der Waals surface area contributed by atoms with Gasteiger partial charge >= 0.3 is 0 Å². The van der Waals surface area contributed by atoms with Crippen molar-refractivity contribution in [3.63, 3.8) is 0 Å². The zero-order valence-corrected chi connectivity index (χ0v) is 15.7. The first kappa shape index (κ1) is 18.4. The van der Waals surface area contributed by atoms with Gasteiger partial charge in [0.05, 0.1) is 5.54 Å². The van der Waals surface area contributed by atoms with Gasteiger partial charge in [0.2, 0.25) is 5.91 Å². The molecule has 1 N–H and O–H groups in total. The molecule has 25 heavy (non-hydrogen) atoms. The van der Waals surface area contributed by atoms with Gasteiger partial charge in [0.1, 0.15) is 0 Å². The smallest absolute Gasteiger partial charge is 0.242 e. The highest BCUT2D eigenvalue weighted by molar-refractivity contribution is 5.86. The number of carbonyl (C=O) groups excluding carboxylic acids is 1. The summed E-state index contributed by atoms with van der Waals surface area (Å²) in [5, 5.41) is 3.54. The first-order chi connectivity index (χ1) is 12.2. The summed E-state index contributed by atoms with van der Waals surface area (Å²) < 4.78 is 0. The predicted octanol–water partition coefficient (Wildman–Crippen LogP) is 2.69. The van der Waals surface area contributed by atoms with E-state index >= 15 is 0 Å². The highest BCUT2D eigenvalue weighted by Crippen LogP contribution is 2.25. The summed E-state index contributed by atoms with van der Waals surface area (Å²) in [6, 6.07) is 10.7. The number of aryl methyl sites for hydroxylation is 1. The highest BCUT2D eigenvalue weighted by Gasteiger charge is 2.40. The van der Waals surface area contributed by atoms with Crippen LogP contribution in [0.2, 0.25) is 0 Å². The van der Waals surface area contributed by atoms with E-state index in [2.05, 4.69) is 52.4 Å². The number of hydrogen-bond acceptors (Lipinski definition) is 3. The Labute approximate surface area is 152 Å². The molecule has 1 atom stereocenters. The Hall–Kier alpha value is -1.39. The summed E-state index contributed by atoms with van der Waals surface area (Å²) in [6.07, 6.45) is 6.61. The monoisotopic (exact) mass is 343 g/mol. The fourth-order valence-corrected chi connectivity index (χ4v) is 4.23. The average molecular weight is 344 g/mol. The predicted molar refractivity (Wildman–Crippen MR) is 103 cm³/mol. The zero-order chi connectivity index (χ0) is 17.5. The fraction of sp³-hybridized carbons (Fsp3) is 0.667. The molecule has 2 aliphatic rings. The minimum atomic E-state index is -0.284. The molecule has 2 saturated heterocycles. The van der Waals surface area contributed by atoms with Crippen LogP contribution < -0.4 is 5.32 Å². The lowest BCUT2D eigenvalue weighted by Gasteiger charge is -2.43. The number of nitrogens with zero attached hydrogens (tertiary/aromatic N) is 2. The van der Waals surface area contributed by atoms with Crippen LogP contribution in [0, 0.1) is 0 Å². The van der Waals surface area contributed by atoms with Crippen molar-refractivity contribution < 1.29 is 4.79 Å². The van der Waals surface area contributed by atoms with Gasteiger partial charge in [0.15, 0.2) is 0 Å². The van der Waals surface area contributed by atoms with Crippen molar-refractivity contribution in [2.24, 2.45) is 0 Å². The maximum Gasteiger partial charge on any atom is 0.242 e. The second kappa shape index (κ2) is 8.81. The third-order valence-electron chi connectivity index (χ3n) is 5.95. The third-order valence-corrected chi connectivity index (χ3v) is 5.95. The number of amides is 1. The van der Waals surface area contributed by atoms with E-state index in [4.69, 9.17) is 0 Å². The van der Waals surface area contributed by atoms with Crippen LogP contribution in [0.15, 0.2) is 30.3 Å². The molecule has 2 aliphatic heterocycles. The van der Waals surface area contributed by atoms with Gasteiger partial charge in [-0.2, -0.15) is 0 Å². The summed E-state index contributed by atoms with van der Waals surface area (Å²) in [6.45, 7) is 8.06. The molecule has 1 amide bonds. The maximum absolute atomic E-state index is 13.1. The Morgan fingerprint density at radius 3 is 2.52 bits per heavy atom. The number of rotatable bonds is 6. The van der Waals surface area contributed by atoms with E-state index in [9.17, 15) is 4.79 Å². The molecule has 0 aromatic heterocycles. The van der Waals surface area contributed by atoms with Crippen molar-refractivity contribution >= 4 is 5.91 Å². The molecule has 1 aromatic carbocycles. The van der Waals surface area contributed by atoms with Crippen molar-refractivity contribution in [1.82, 2.24) is 15.1 Å². The van der Waals surface area contributed by atoms with Gasteiger partial charge in [-0.05, 0) is 57.2 Å². The van der Waals surface area contributed by atoms with Crippen molar-refractivity contribution in [1.29, 1.82) is 0 Å². The average Bonchev–Trinajstić information content (AvgIpc) is 2.69. The molecular weight excluding hydrogens is 310 g/mol. The molecule has 1 aromatic rings. The van der Waals surface area contributed by atoms with E-state index < -0.39 is 0 Å². The third kappa shape index (κ3) is 4.62. The summed E-state index contributed by atoms with van der Waals surface area (Å²) in [7, 11) is 0. The van der Waals surface area contributed by atoms with Gasteiger partial charge in [-0.3, -0.25) is 9.69 Å². The Morgan fingerprint density at radius 2 is 1.88 bits per heavy atom. The first-order valence-corrected chi connectivity index (χ1v) is 10.0. The van der Waals surface area contributed by atoms with Crippen LogP contribution in [-0.2, 0) is 11.2 Å². The molecule has 4 heteroatoms. The van der Waals surface area contributed by atoms with E-state index in [1.54, 1.807) is 0 Å². The van der Waals surface area contributed by atoms with Crippen molar-refractivity contribution in [3.8, 4) is 0 Å². The molecule has 0 unspecified atom stereocenters. The van der Waals surface area contributed by atoms with E-state index in [1.165, 1.54) is 24.8 Å². The van der Waals surface area contributed by atoms with Gasteiger partial charge in [0, 0.05) is 26.2 Å². The number of piperazine rings is 1. The summed E-state index contributed by atoms with van der Waals surface area (Å²) >= 11 is 0. The van der Waals surface area contributed by atoms with Gasteiger partial charge in [-0.25, -0.2) is 0 Å². The second-order valence-electron chi connectivity index (χ2n) is 7.54. The Morgan fingerprint density at radius 1 is 1.12 bits per heavy atom. The number of carbonyl (C=O) groups is 1. The summed E-state index contributed by atoms with van der Waals surface area (Å²) in [4.78, 5) is 17.7. The topological polar surface area (TPSA) is 35.6 Å². The van der Waals surface area contributed by atoms with Gasteiger partial charge in [-0.15, -0.1) is 0 Å². The van der Waals surface area contributed by atoms with Gasteiger partial charge < -0.3 is 10.2 Å². The lowest BCUT2D eigenvalue weighted by Crippen LogP contribution is -2.62. The van der Waals surface area contributed by atoms with Crippen molar-refractivity contribution in [2.45, 2.75) is 51.0 Å². The minimum Gasteiger partial charge on any atom is -0.339 e. The molecule has 138 valence electrons. The van der Waals surface area contributed by atoms with Crippen molar-refractivity contribution in [3.05, 3.63) is 35.9 Å². The molecule has 0 radical (unpaired) electrons. The number of hydrogen-bond donors (Lipinski definition) is 1. The zero-order valence-electron chi connectivity index (χ0n) is 15.7. The Kier molecular flexibility index (Phi) is 6.49. The summed E-state index contributed by atoms with van der Waals surface area (Å²) in [5.74, 6) is 0.346. The SMILES string of the molecule is CC[C@@]1(C(=O)N2CCN(CCCc3ccccc3)CC2)CCCCN1. The molecule has 3 rings (SSSR count). The number of nitrogens with one attached hydrogen (secondary N) is 1. The van der Waals surface area contributed by atoms with Crippen LogP contribution in [0.3, 0.4) is 0 Å². The quantitative estimate of drug-likeness (QED) is 0.863. The normalized spacial score (nSPS) is 25.1. The Balaban J connectivity index is 1.42. The standard InChI is InChI=1S/C21H33N3O/c1-2-21(12-6-7-13-22-21)20(25)24-17-15-23(16-18-24)14-8-11-19-9-4-3-5-10-19/h3-5,9-10,22H,2,6-8,11-18H2,1H3/t21-/m0/s1. The largest absolute Gasteiger partial charge is 0.339 e. The molecular formula is C21H33N3O. The van der Waals surface area contributed by atoms with E-state index in [0.717, 1.165) is 58.5 Å². The Bertz CT molecular complexity index is 531. The first-order valence-electron chi connectivity index (χ1n) is 10.0. The maximum atomic E-state index is 13.1. The number of piperidine rings is 1. The molecule has 4 nitrogen and oxygen atoms in total. The second-order valence-corrected chi connectivity index (χ2v) is 7.54.